The number of anilines is 2. The van der Waals surface area contributed by atoms with Crippen LogP contribution in [0.15, 0.2) is 54.9 Å². The molecule has 122 valence electrons. The molecule has 0 saturated heterocycles. The molecule has 1 amide bonds. The first-order chi connectivity index (χ1) is 11.7. The van der Waals surface area contributed by atoms with Gasteiger partial charge in [-0.2, -0.15) is 0 Å². The van der Waals surface area contributed by atoms with Crippen molar-refractivity contribution >= 4 is 28.3 Å². The zero-order valence-corrected chi connectivity index (χ0v) is 13.6. The number of carbonyl (C=O) groups excluding carboxylic acids is 1. The number of likely N-dealkylation sites (N-methyl/N-ethyl adjacent to an activating group) is 1. The number of para-hydroxylation sites is 3. The number of hydrogen-bond donors (Lipinski definition) is 1. The Balaban J connectivity index is 1.76. The molecule has 0 unspecified atom stereocenters. The lowest BCUT2D eigenvalue weighted by Gasteiger charge is -2.19. The highest BCUT2D eigenvalue weighted by Crippen LogP contribution is 2.24. The lowest BCUT2D eigenvalue weighted by Crippen LogP contribution is -2.30. The van der Waals surface area contributed by atoms with Crippen LogP contribution in [-0.2, 0) is 4.79 Å². The normalized spacial score (nSPS) is 10.4. The Morgan fingerprint density at radius 3 is 2.71 bits per heavy atom. The molecule has 2 aromatic carbocycles. The Hall–Kier alpha value is -3.15. The van der Waals surface area contributed by atoms with Gasteiger partial charge in [-0.15, -0.1) is 0 Å². The summed E-state index contributed by atoms with van der Waals surface area (Å²) in [5.41, 5.74) is 1.49. The summed E-state index contributed by atoms with van der Waals surface area (Å²) in [6.45, 7) is 0.166. The molecular weight excluding hydrogens is 304 g/mol. The summed E-state index contributed by atoms with van der Waals surface area (Å²) < 4.78 is 5.24. The van der Waals surface area contributed by atoms with Crippen molar-refractivity contribution < 1.29 is 9.53 Å². The van der Waals surface area contributed by atoms with E-state index >= 15 is 0 Å². The Morgan fingerprint density at radius 1 is 1.12 bits per heavy atom. The topological polar surface area (TPSA) is 67.3 Å². The van der Waals surface area contributed by atoms with Crippen LogP contribution in [0.3, 0.4) is 0 Å². The number of nitrogens with zero attached hydrogens (tertiary/aromatic N) is 3. The monoisotopic (exact) mass is 322 g/mol. The van der Waals surface area contributed by atoms with Gasteiger partial charge in [0.1, 0.15) is 17.9 Å². The standard InChI is InChI=1S/C18H18N4O2/c1-22(18-13-7-3-4-8-14(13)19-12-20-18)11-17(23)21-15-9-5-6-10-16(15)24-2/h3-10,12H,11H2,1-2H3,(H,21,23). The Kier molecular flexibility index (Phi) is 4.56. The summed E-state index contributed by atoms with van der Waals surface area (Å²) in [7, 11) is 3.40. The number of benzene rings is 2. The van der Waals surface area contributed by atoms with Crippen molar-refractivity contribution in [2.75, 3.05) is 30.9 Å². The van der Waals surface area contributed by atoms with E-state index in [9.17, 15) is 4.79 Å². The zero-order chi connectivity index (χ0) is 16.9. The Morgan fingerprint density at radius 2 is 1.88 bits per heavy atom. The highest BCUT2D eigenvalue weighted by molar-refractivity contribution is 5.97. The third kappa shape index (κ3) is 3.27. The van der Waals surface area contributed by atoms with E-state index in [0.717, 1.165) is 16.7 Å². The lowest BCUT2D eigenvalue weighted by molar-refractivity contribution is -0.114. The van der Waals surface area contributed by atoms with Gasteiger partial charge in [0.2, 0.25) is 5.91 Å². The van der Waals surface area contributed by atoms with Crippen LogP contribution < -0.4 is 15.0 Å². The van der Waals surface area contributed by atoms with E-state index in [1.54, 1.807) is 24.1 Å². The minimum atomic E-state index is -0.148. The van der Waals surface area contributed by atoms with Gasteiger partial charge in [0.15, 0.2) is 0 Å². The molecular formula is C18H18N4O2. The number of aromatic nitrogens is 2. The van der Waals surface area contributed by atoms with Gasteiger partial charge in [-0.05, 0) is 24.3 Å². The van der Waals surface area contributed by atoms with Gasteiger partial charge in [-0.1, -0.05) is 24.3 Å². The summed E-state index contributed by atoms with van der Waals surface area (Å²) in [5, 5.41) is 3.77. The quantitative estimate of drug-likeness (QED) is 0.782. The molecule has 6 nitrogen and oxygen atoms in total. The molecule has 1 N–H and O–H groups in total. The minimum absolute atomic E-state index is 0.148. The summed E-state index contributed by atoms with van der Waals surface area (Å²) >= 11 is 0. The number of hydrogen-bond acceptors (Lipinski definition) is 5. The van der Waals surface area contributed by atoms with Crippen LogP contribution in [0.1, 0.15) is 0 Å². The maximum absolute atomic E-state index is 12.3. The number of rotatable bonds is 5. The summed E-state index contributed by atoms with van der Waals surface area (Å²) in [5.74, 6) is 1.20. The number of ether oxygens (including phenoxy) is 1. The second-order valence-corrected chi connectivity index (χ2v) is 5.32. The van der Waals surface area contributed by atoms with Crippen LogP contribution in [0.5, 0.6) is 5.75 Å². The van der Waals surface area contributed by atoms with Gasteiger partial charge in [0.25, 0.3) is 0 Å². The van der Waals surface area contributed by atoms with Gasteiger partial charge in [0, 0.05) is 12.4 Å². The number of methoxy groups -OCH3 is 1. The molecule has 0 aliphatic heterocycles. The summed E-state index contributed by atoms with van der Waals surface area (Å²) in [4.78, 5) is 22.7. The van der Waals surface area contributed by atoms with E-state index in [1.807, 2.05) is 43.4 Å². The van der Waals surface area contributed by atoms with Gasteiger partial charge in [-0.3, -0.25) is 4.79 Å². The van der Waals surface area contributed by atoms with Crippen molar-refractivity contribution in [3.05, 3.63) is 54.9 Å². The van der Waals surface area contributed by atoms with Crippen molar-refractivity contribution in [1.82, 2.24) is 9.97 Å². The van der Waals surface area contributed by atoms with Crippen LogP contribution in [0, 0.1) is 0 Å². The van der Waals surface area contributed by atoms with Gasteiger partial charge >= 0.3 is 0 Å². The predicted molar refractivity (Wildman–Crippen MR) is 94.4 cm³/mol. The van der Waals surface area contributed by atoms with Crippen LogP contribution in [0.25, 0.3) is 10.9 Å². The molecule has 0 radical (unpaired) electrons. The molecule has 1 aromatic heterocycles. The van der Waals surface area contributed by atoms with Crippen LogP contribution in [-0.4, -0.2) is 36.6 Å². The van der Waals surface area contributed by atoms with Crippen molar-refractivity contribution in [2.24, 2.45) is 0 Å². The first kappa shape index (κ1) is 15.7. The van der Waals surface area contributed by atoms with Crippen LogP contribution in [0.2, 0.25) is 0 Å². The molecule has 0 atom stereocenters. The van der Waals surface area contributed by atoms with E-state index in [-0.39, 0.29) is 12.5 Å². The molecule has 3 aromatic rings. The molecule has 3 rings (SSSR count). The molecule has 1 heterocycles. The molecule has 0 saturated carbocycles. The predicted octanol–water partition coefficient (Wildman–Crippen LogP) is 2.71. The molecule has 0 bridgehead atoms. The fourth-order valence-corrected chi connectivity index (χ4v) is 2.52. The molecule has 0 aliphatic rings. The third-order valence-corrected chi connectivity index (χ3v) is 3.65. The highest BCUT2D eigenvalue weighted by atomic mass is 16.5. The average molecular weight is 322 g/mol. The molecule has 0 spiro atoms. The van der Waals surface area contributed by atoms with E-state index in [1.165, 1.54) is 6.33 Å². The number of amides is 1. The van der Waals surface area contributed by atoms with Crippen LogP contribution >= 0.6 is 0 Å². The minimum Gasteiger partial charge on any atom is -0.495 e. The zero-order valence-electron chi connectivity index (χ0n) is 13.6. The Bertz CT molecular complexity index is 861. The first-order valence-corrected chi connectivity index (χ1v) is 7.53. The smallest absolute Gasteiger partial charge is 0.244 e. The second-order valence-electron chi connectivity index (χ2n) is 5.32. The molecule has 24 heavy (non-hydrogen) atoms. The SMILES string of the molecule is COc1ccccc1NC(=O)CN(C)c1ncnc2ccccc12. The largest absolute Gasteiger partial charge is 0.495 e. The van der Waals surface area contributed by atoms with Crippen molar-refractivity contribution in [1.29, 1.82) is 0 Å². The highest BCUT2D eigenvalue weighted by Gasteiger charge is 2.13. The van der Waals surface area contributed by atoms with Gasteiger partial charge in [-0.25, -0.2) is 9.97 Å². The van der Waals surface area contributed by atoms with Crippen molar-refractivity contribution in [3.63, 3.8) is 0 Å². The number of carbonyl (C=O) groups is 1. The maximum atomic E-state index is 12.3. The van der Waals surface area contributed by atoms with E-state index in [2.05, 4.69) is 15.3 Å². The number of fused-ring (bicyclic) bond motifs is 1. The van der Waals surface area contributed by atoms with Crippen LogP contribution in [0.4, 0.5) is 11.5 Å². The second kappa shape index (κ2) is 6.95. The van der Waals surface area contributed by atoms with Gasteiger partial charge < -0.3 is 15.0 Å². The lowest BCUT2D eigenvalue weighted by atomic mass is 10.2. The fourth-order valence-electron chi connectivity index (χ4n) is 2.52. The summed E-state index contributed by atoms with van der Waals surface area (Å²) in [6, 6.07) is 15.0. The summed E-state index contributed by atoms with van der Waals surface area (Å²) in [6.07, 6.45) is 1.51. The average Bonchev–Trinajstić information content (AvgIpc) is 2.61. The molecule has 6 heteroatoms. The molecule has 0 aliphatic carbocycles. The fraction of sp³-hybridized carbons (Fsp3) is 0.167. The molecule has 0 fully saturated rings. The van der Waals surface area contributed by atoms with Gasteiger partial charge in [0.05, 0.1) is 24.9 Å². The van der Waals surface area contributed by atoms with Crippen molar-refractivity contribution in [3.8, 4) is 5.75 Å². The van der Waals surface area contributed by atoms with E-state index < -0.39 is 0 Å². The van der Waals surface area contributed by atoms with E-state index in [0.29, 0.717) is 11.4 Å². The third-order valence-electron chi connectivity index (χ3n) is 3.65. The maximum Gasteiger partial charge on any atom is 0.244 e. The Labute approximate surface area is 140 Å². The van der Waals surface area contributed by atoms with Crippen molar-refractivity contribution in [2.45, 2.75) is 0 Å². The first-order valence-electron chi connectivity index (χ1n) is 7.53. The van der Waals surface area contributed by atoms with E-state index in [4.69, 9.17) is 4.74 Å². The number of nitrogens with one attached hydrogen (secondary N) is 1.